The van der Waals surface area contributed by atoms with Gasteiger partial charge in [0.1, 0.15) is 0 Å². The van der Waals surface area contributed by atoms with E-state index in [-0.39, 0.29) is 24.2 Å². The number of nitrogens with zero attached hydrogens (tertiary/aromatic N) is 2. The van der Waals surface area contributed by atoms with Crippen LogP contribution in [0.25, 0.3) is 0 Å². The molecule has 1 aromatic rings. The summed E-state index contributed by atoms with van der Waals surface area (Å²) in [6.07, 6.45) is 3.60. The molecule has 0 fully saturated rings. The van der Waals surface area contributed by atoms with E-state index in [1.165, 1.54) is 0 Å². The minimum absolute atomic E-state index is 0. The summed E-state index contributed by atoms with van der Waals surface area (Å²) in [5, 5.41) is 7.00. The Balaban J connectivity index is 0.00000361. The molecule has 20 heavy (non-hydrogen) atoms. The van der Waals surface area contributed by atoms with E-state index in [2.05, 4.69) is 10.4 Å². The minimum atomic E-state index is -0.497. The molecule has 0 saturated carbocycles. The maximum Gasteiger partial charge on any atom is 0.242 e. The normalized spacial score (nSPS) is 13.4. The zero-order chi connectivity index (χ0) is 14.3. The van der Waals surface area contributed by atoms with Crippen molar-refractivity contribution in [3.8, 4) is 0 Å². The molecule has 0 saturated heterocycles. The molecule has 1 heterocycles. The number of carbonyl (C=O) groups is 1. The zero-order valence-corrected chi connectivity index (χ0v) is 13.2. The Bertz CT molecular complexity index is 397. The average molecular weight is 305 g/mol. The molecular formula is C13H25ClN4O2. The van der Waals surface area contributed by atoms with Gasteiger partial charge >= 0.3 is 0 Å². The number of hydrogen-bond acceptors (Lipinski definition) is 4. The highest BCUT2D eigenvalue weighted by Crippen LogP contribution is 2.09. The molecule has 1 aromatic heterocycles. The van der Waals surface area contributed by atoms with E-state index < -0.39 is 6.04 Å². The fraction of sp³-hybridized carbons (Fsp3) is 0.692. The van der Waals surface area contributed by atoms with Crippen LogP contribution in [0.15, 0.2) is 12.3 Å². The van der Waals surface area contributed by atoms with E-state index in [4.69, 9.17) is 10.5 Å². The molecule has 6 nitrogen and oxygen atoms in total. The topological polar surface area (TPSA) is 82.2 Å². The van der Waals surface area contributed by atoms with Gasteiger partial charge in [-0.2, -0.15) is 5.10 Å². The van der Waals surface area contributed by atoms with E-state index in [1.54, 1.807) is 17.9 Å². The molecule has 1 amide bonds. The molecule has 7 heteroatoms. The number of ether oxygens (including phenoxy) is 1. The predicted molar refractivity (Wildman–Crippen MR) is 82.0 cm³/mol. The van der Waals surface area contributed by atoms with Gasteiger partial charge < -0.3 is 15.8 Å². The number of methoxy groups -OCH3 is 1. The Morgan fingerprint density at radius 2 is 2.30 bits per heavy atom. The number of amides is 1. The summed E-state index contributed by atoms with van der Waals surface area (Å²) in [7, 11) is 1.67. The van der Waals surface area contributed by atoms with Crippen LogP contribution in [0.1, 0.15) is 26.7 Å². The van der Waals surface area contributed by atoms with Crippen molar-refractivity contribution in [1.82, 2.24) is 9.78 Å². The molecule has 0 radical (unpaired) electrons. The number of aromatic nitrogens is 2. The average Bonchev–Trinajstić information content (AvgIpc) is 2.84. The minimum Gasteiger partial charge on any atom is -0.385 e. The molecular weight excluding hydrogens is 280 g/mol. The zero-order valence-electron chi connectivity index (χ0n) is 12.3. The van der Waals surface area contributed by atoms with E-state index in [0.29, 0.717) is 12.4 Å². The molecule has 0 aliphatic heterocycles. The second-order valence-electron chi connectivity index (χ2n) is 4.71. The molecule has 0 aromatic carbocycles. The number of halogens is 1. The Kier molecular flexibility index (Phi) is 9.20. The van der Waals surface area contributed by atoms with Crippen molar-refractivity contribution >= 4 is 24.1 Å². The van der Waals surface area contributed by atoms with Gasteiger partial charge in [0.05, 0.1) is 6.04 Å². The molecule has 0 bridgehead atoms. The first-order valence-electron chi connectivity index (χ1n) is 6.67. The number of hydrogen-bond donors (Lipinski definition) is 2. The van der Waals surface area contributed by atoms with Crippen LogP contribution in [0.4, 0.5) is 5.82 Å². The number of aryl methyl sites for hydroxylation is 1. The molecule has 2 atom stereocenters. The van der Waals surface area contributed by atoms with Crippen molar-refractivity contribution in [3.05, 3.63) is 12.3 Å². The summed E-state index contributed by atoms with van der Waals surface area (Å²) in [5.74, 6) is 0.515. The van der Waals surface area contributed by atoms with Gasteiger partial charge in [-0.3, -0.25) is 9.48 Å². The van der Waals surface area contributed by atoms with E-state index >= 15 is 0 Å². The van der Waals surface area contributed by atoms with Crippen LogP contribution in [0.5, 0.6) is 0 Å². The third kappa shape index (κ3) is 5.90. The Morgan fingerprint density at radius 3 is 2.90 bits per heavy atom. The van der Waals surface area contributed by atoms with Crippen LogP contribution in [0.3, 0.4) is 0 Å². The number of rotatable bonds is 8. The van der Waals surface area contributed by atoms with E-state index in [0.717, 1.165) is 19.4 Å². The van der Waals surface area contributed by atoms with Crippen molar-refractivity contribution < 1.29 is 9.53 Å². The van der Waals surface area contributed by atoms with Crippen LogP contribution in [0, 0.1) is 5.92 Å². The van der Waals surface area contributed by atoms with Gasteiger partial charge in [-0.1, -0.05) is 20.3 Å². The van der Waals surface area contributed by atoms with Crippen LogP contribution in [0.2, 0.25) is 0 Å². The van der Waals surface area contributed by atoms with Crippen molar-refractivity contribution in [3.63, 3.8) is 0 Å². The van der Waals surface area contributed by atoms with Crippen molar-refractivity contribution in [2.24, 2.45) is 11.7 Å². The predicted octanol–water partition coefficient (Wildman–Crippen LogP) is 1.65. The summed E-state index contributed by atoms with van der Waals surface area (Å²) in [4.78, 5) is 11.9. The molecule has 1 rings (SSSR count). The van der Waals surface area contributed by atoms with Crippen molar-refractivity contribution in [2.45, 2.75) is 39.3 Å². The number of anilines is 1. The Hall–Kier alpha value is -1.11. The first kappa shape index (κ1) is 18.9. The monoisotopic (exact) mass is 304 g/mol. The van der Waals surface area contributed by atoms with Crippen LogP contribution < -0.4 is 11.1 Å². The number of carbonyl (C=O) groups excluding carboxylic acids is 1. The van der Waals surface area contributed by atoms with Gasteiger partial charge in [-0.25, -0.2) is 0 Å². The van der Waals surface area contributed by atoms with Crippen LogP contribution in [-0.2, 0) is 16.1 Å². The molecule has 0 aliphatic rings. The van der Waals surface area contributed by atoms with Crippen molar-refractivity contribution in [1.29, 1.82) is 0 Å². The fourth-order valence-corrected chi connectivity index (χ4v) is 1.65. The maximum absolute atomic E-state index is 11.9. The Labute approximate surface area is 126 Å². The second kappa shape index (κ2) is 9.74. The largest absolute Gasteiger partial charge is 0.385 e. The first-order valence-corrected chi connectivity index (χ1v) is 6.67. The highest BCUT2D eigenvalue weighted by atomic mass is 35.5. The molecule has 0 spiro atoms. The summed E-state index contributed by atoms with van der Waals surface area (Å²) in [5.41, 5.74) is 5.86. The number of nitrogens with two attached hydrogens (primary N) is 1. The third-order valence-electron chi connectivity index (χ3n) is 3.19. The summed E-state index contributed by atoms with van der Waals surface area (Å²) in [6.45, 7) is 5.44. The maximum atomic E-state index is 11.9. The second-order valence-corrected chi connectivity index (χ2v) is 4.71. The SMILES string of the molecule is CCC(C)C(N)C(=O)Nc1ccn(CCCOC)n1.Cl. The van der Waals surface area contributed by atoms with Crippen LogP contribution >= 0.6 is 12.4 Å². The lowest BCUT2D eigenvalue weighted by molar-refractivity contribution is -0.118. The highest BCUT2D eigenvalue weighted by Gasteiger charge is 2.19. The van der Waals surface area contributed by atoms with Gasteiger partial charge in [0, 0.05) is 32.5 Å². The van der Waals surface area contributed by atoms with E-state index in [9.17, 15) is 4.79 Å². The van der Waals surface area contributed by atoms with Crippen LogP contribution in [-0.4, -0.2) is 35.4 Å². The lowest BCUT2D eigenvalue weighted by Gasteiger charge is -2.16. The smallest absolute Gasteiger partial charge is 0.242 e. The highest BCUT2D eigenvalue weighted by molar-refractivity contribution is 5.94. The standard InChI is InChI=1S/C13H24N4O2.ClH/c1-4-10(2)12(14)13(18)15-11-6-8-17(16-11)7-5-9-19-3;/h6,8,10,12H,4-5,7,9,14H2,1-3H3,(H,15,16,18);1H. The lowest BCUT2D eigenvalue weighted by Crippen LogP contribution is -2.40. The van der Waals surface area contributed by atoms with Crippen molar-refractivity contribution in [2.75, 3.05) is 19.0 Å². The third-order valence-corrected chi connectivity index (χ3v) is 3.19. The fourth-order valence-electron chi connectivity index (χ4n) is 1.65. The number of nitrogens with one attached hydrogen (secondary N) is 1. The molecule has 2 unspecified atom stereocenters. The van der Waals surface area contributed by atoms with Gasteiger partial charge in [0.2, 0.25) is 5.91 Å². The van der Waals surface area contributed by atoms with E-state index in [1.807, 2.05) is 20.0 Å². The Morgan fingerprint density at radius 1 is 1.60 bits per heavy atom. The molecule has 3 N–H and O–H groups in total. The summed E-state index contributed by atoms with van der Waals surface area (Å²) >= 11 is 0. The first-order chi connectivity index (χ1) is 9.08. The summed E-state index contributed by atoms with van der Waals surface area (Å²) < 4.78 is 6.76. The lowest BCUT2D eigenvalue weighted by atomic mass is 9.99. The molecule has 116 valence electrons. The summed E-state index contributed by atoms with van der Waals surface area (Å²) in [6, 6.07) is 1.28. The molecule has 0 aliphatic carbocycles. The van der Waals surface area contributed by atoms with Gasteiger partial charge in [0.25, 0.3) is 0 Å². The quantitative estimate of drug-likeness (QED) is 0.716. The van der Waals surface area contributed by atoms with Gasteiger partial charge in [0.15, 0.2) is 5.82 Å². The van der Waals surface area contributed by atoms with Gasteiger partial charge in [-0.05, 0) is 12.3 Å². The van der Waals surface area contributed by atoms with Gasteiger partial charge in [-0.15, -0.1) is 12.4 Å².